The van der Waals surface area contributed by atoms with Crippen LogP contribution in [0.25, 0.3) is 0 Å². The SMILES string of the molecule is CCCC(CN(C)CCN(C)C)CN(C)CCN(C)C. The predicted octanol–water partition coefficient (Wildman–Crippen LogP) is 1.39. The molecule has 0 rings (SSSR count). The lowest BCUT2D eigenvalue weighted by atomic mass is 10.0. The van der Waals surface area contributed by atoms with Gasteiger partial charge in [0.2, 0.25) is 0 Å². The van der Waals surface area contributed by atoms with Crippen molar-refractivity contribution in [2.75, 3.05) is 81.6 Å². The molecule has 0 N–H and O–H groups in total. The van der Waals surface area contributed by atoms with Crippen molar-refractivity contribution in [3.63, 3.8) is 0 Å². The molecule has 4 nitrogen and oxygen atoms in total. The van der Waals surface area contributed by atoms with Crippen molar-refractivity contribution in [2.45, 2.75) is 19.8 Å². The highest BCUT2D eigenvalue weighted by atomic mass is 15.2. The summed E-state index contributed by atoms with van der Waals surface area (Å²) in [6.07, 6.45) is 2.62. The molecule has 0 radical (unpaired) electrons. The van der Waals surface area contributed by atoms with E-state index in [4.69, 9.17) is 0 Å². The second-order valence-electron chi connectivity index (χ2n) is 6.79. The molecule has 0 saturated carbocycles. The number of hydrogen-bond donors (Lipinski definition) is 0. The maximum absolute atomic E-state index is 2.49. The molecule has 0 aliphatic heterocycles. The monoisotopic (exact) mass is 286 g/mol. The number of rotatable bonds is 12. The van der Waals surface area contributed by atoms with Gasteiger partial charge in [0.25, 0.3) is 0 Å². The molecule has 0 aromatic heterocycles. The van der Waals surface area contributed by atoms with E-state index >= 15 is 0 Å². The van der Waals surface area contributed by atoms with Gasteiger partial charge < -0.3 is 19.6 Å². The quantitative estimate of drug-likeness (QED) is 0.537. The lowest BCUT2D eigenvalue weighted by Gasteiger charge is -2.29. The van der Waals surface area contributed by atoms with Crippen LogP contribution in [0.1, 0.15) is 19.8 Å². The Hall–Kier alpha value is -0.160. The van der Waals surface area contributed by atoms with Gasteiger partial charge in [-0.05, 0) is 54.6 Å². The van der Waals surface area contributed by atoms with E-state index in [0.717, 1.165) is 32.1 Å². The summed E-state index contributed by atoms with van der Waals surface area (Å²) >= 11 is 0. The molecule has 0 bridgehead atoms. The lowest BCUT2D eigenvalue weighted by molar-refractivity contribution is 0.188. The van der Waals surface area contributed by atoms with Gasteiger partial charge in [-0.15, -0.1) is 0 Å². The third kappa shape index (κ3) is 11.6. The van der Waals surface area contributed by atoms with Crippen molar-refractivity contribution >= 4 is 0 Å². The van der Waals surface area contributed by atoms with E-state index in [1.54, 1.807) is 0 Å². The standard InChI is InChI=1S/C16H38N4/c1-8-9-16(14-19(6)12-10-17(2)3)15-20(7)13-11-18(4)5/h16H,8-15H2,1-7H3. The van der Waals surface area contributed by atoms with Crippen LogP contribution in [-0.4, -0.2) is 101 Å². The molecule has 0 atom stereocenters. The van der Waals surface area contributed by atoms with E-state index in [9.17, 15) is 0 Å². The zero-order valence-corrected chi connectivity index (χ0v) is 15.0. The average Bonchev–Trinajstić information content (AvgIpc) is 2.34. The fraction of sp³-hybridized carbons (Fsp3) is 1.00. The zero-order chi connectivity index (χ0) is 15.5. The highest BCUT2D eigenvalue weighted by molar-refractivity contribution is 4.68. The van der Waals surface area contributed by atoms with E-state index < -0.39 is 0 Å². The van der Waals surface area contributed by atoms with Crippen LogP contribution in [0.3, 0.4) is 0 Å². The van der Waals surface area contributed by atoms with Crippen molar-refractivity contribution in [3.05, 3.63) is 0 Å². The molecule has 0 saturated heterocycles. The molecular formula is C16H38N4. The first-order valence-electron chi connectivity index (χ1n) is 8.01. The Morgan fingerprint density at radius 2 is 1.05 bits per heavy atom. The van der Waals surface area contributed by atoms with Crippen LogP contribution < -0.4 is 0 Å². The Bertz CT molecular complexity index is 199. The third-order valence-electron chi connectivity index (χ3n) is 3.69. The molecule has 0 fully saturated rings. The number of likely N-dealkylation sites (N-methyl/N-ethyl adjacent to an activating group) is 4. The Morgan fingerprint density at radius 3 is 1.35 bits per heavy atom. The van der Waals surface area contributed by atoms with E-state index in [1.807, 2.05) is 0 Å². The largest absolute Gasteiger partial charge is 0.308 e. The summed E-state index contributed by atoms with van der Waals surface area (Å²) in [5.74, 6) is 0.791. The summed E-state index contributed by atoms with van der Waals surface area (Å²) in [6.45, 7) is 9.34. The van der Waals surface area contributed by atoms with Crippen molar-refractivity contribution in [3.8, 4) is 0 Å². The minimum absolute atomic E-state index is 0.791. The topological polar surface area (TPSA) is 13.0 Å². The van der Waals surface area contributed by atoms with Crippen LogP contribution in [0.2, 0.25) is 0 Å². The van der Waals surface area contributed by atoms with Gasteiger partial charge in [-0.25, -0.2) is 0 Å². The first-order chi connectivity index (χ1) is 9.35. The summed E-state index contributed by atoms with van der Waals surface area (Å²) in [4.78, 5) is 9.49. The van der Waals surface area contributed by atoms with Crippen LogP contribution >= 0.6 is 0 Å². The van der Waals surface area contributed by atoms with Gasteiger partial charge in [0, 0.05) is 39.3 Å². The van der Waals surface area contributed by atoms with Crippen molar-refractivity contribution in [1.82, 2.24) is 19.6 Å². The van der Waals surface area contributed by atoms with Gasteiger partial charge in [-0.3, -0.25) is 0 Å². The third-order valence-corrected chi connectivity index (χ3v) is 3.69. The normalized spacial score (nSPS) is 12.6. The van der Waals surface area contributed by atoms with Gasteiger partial charge in [0.05, 0.1) is 0 Å². The second kappa shape index (κ2) is 11.5. The predicted molar refractivity (Wildman–Crippen MR) is 90.5 cm³/mol. The lowest BCUT2D eigenvalue weighted by Crippen LogP contribution is -2.38. The molecule has 0 spiro atoms. The van der Waals surface area contributed by atoms with E-state index in [0.29, 0.717) is 0 Å². The van der Waals surface area contributed by atoms with Gasteiger partial charge in [-0.2, -0.15) is 0 Å². The van der Waals surface area contributed by atoms with Crippen LogP contribution in [0, 0.1) is 5.92 Å². The Morgan fingerprint density at radius 1 is 0.650 bits per heavy atom. The van der Waals surface area contributed by atoms with Crippen molar-refractivity contribution in [1.29, 1.82) is 0 Å². The van der Waals surface area contributed by atoms with E-state index in [2.05, 4.69) is 68.8 Å². The summed E-state index contributed by atoms with van der Waals surface area (Å²) in [7, 11) is 13.1. The zero-order valence-electron chi connectivity index (χ0n) is 15.0. The first-order valence-corrected chi connectivity index (χ1v) is 8.01. The van der Waals surface area contributed by atoms with E-state index in [-0.39, 0.29) is 0 Å². The van der Waals surface area contributed by atoms with E-state index in [1.165, 1.54) is 25.9 Å². The Balaban J connectivity index is 4.07. The minimum atomic E-state index is 0.791. The highest BCUT2D eigenvalue weighted by Crippen LogP contribution is 2.10. The van der Waals surface area contributed by atoms with Crippen LogP contribution in [0.5, 0.6) is 0 Å². The highest BCUT2D eigenvalue weighted by Gasteiger charge is 2.13. The van der Waals surface area contributed by atoms with Crippen LogP contribution in [-0.2, 0) is 0 Å². The molecule has 20 heavy (non-hydrogen) atoms. The van der Waals surface area contributed by atoms with Crippen LogP contribution in [0.15, 0.2) is 0 Å². The van der Waals surface area contributed by atoms with Gasteiger partial charge >= 0.3 is 0 Å². The Labute approximate surface area is 127 Å². The molecule has 0 unspecified atom stereocenters. The van der Waals surface area contributed by atoms with Gasteiger partial charge in [0.1, 0.15) is 0 Å². The first kappa shape index (κ1) is 19.8. The fourth-order valence-corrected chi connectivity index (χ4v) is 2.45. The van der Waals surface area contributed by atoms with Crippen molar-refractivity contribution < 1.29 is 0 Å². The maximum atomic E-state index is 2.49. The summed E-state index contributed by atoms with van der Waals surface area (Å²) < 4.78 is 0. The van der Waals surface area contributed by atoms with Gasteiger partial charge in [0.15, 0.2) is 0 Å². The molecule has 0 aliphatic rings. The molecule has 0 amide bonds. The number of nitrogens with zero attached hydrogens (tertiary/aromatic N) is 4. The molecule has 0 aromatic carbocycles. The maximum Gasteiger partial charge on any atom is 0.0106 e. The Kier molecular flexibility index (Phi) is 11.4. The second-order valence-corrected chi connectivity index (χ2v) is 6.79. The molecule has 4 heteroatoms. The molecular weight excluding hydrogens is 248 g/mol. The number of hydrogen-bond acceptors (Lipinski definition) is 4. The van der Waals surface area contributed by atoms with Crippen LogP contribution in [0.4, 0.5) is 0 Å². The molecule has 0 aromatic rings. The van der Waals surface area contributed by atoms with Gasteiger partial charge in [-0.1, -0.05) is 13.3 Å². The minimum Gasteiger partial charge on any atom is -0.308 e. The molecule has 0 heterocycles. The molecule has 0 aliphatic carbocycles. The molecule has 122 valence electrons. The summed E-state index contributed by atoms with van der Waals surface area (Å²) in [5, 5.41) is 0. The fourth-order valence-electron chi connectivity index (χ4n) is 2.45. The summed E-state index contributed by atoms with van der Waals surface area (Å²) in [5.41, 5.74) is 0. The smallest absolute Gasteiger partial charge is 0.0106 e. The van der Waals surface area contributed by atoms with Crippen molar-refractivity contribution in [2.24, 2.45) is 5.92 Å². The summed E-state index contributed by atoms with van der Waals surface area (Å²) in [6, 6.07) is 0. The average molecular weight is 287 g/mol.